The second kappa shape index (κ2) is 10.1. The summed E-state index contributed by atoms with van der Waals surface area (Å²) in [5.74, 6) is 0.443. The lowest BCUT2D eigenvalue weighted by atomic mass is 9.87. The van der Waals surface area contributed by atoms with Gasteiger partial charge in [-0.15, -0.1) is 0 Å². The van der Waals surface area contributed by atoms with Crippen molar-refractivity contribution in [2.24, 2.45) is 0 Å². The summed E-state index contributed by atoms with van der Waals surface area (Å²) in [6, 6.07) is 30.0. The molecular weight excluding hydrogens is 536 g/mol. The molecule has 0 bridgehead atoms. The van der Waals surface area contributed by atoms with Crippen molar-refractivity contribution in [1.82, 2.24) is 14.3 Å². The first-order valence-corrected chi connectivity index (χ1v) is 13.4. The van der Waals surface area contributed by atoms with Crippen LogP contribution in [0.2, 0.25) is 0 Å². The fraction of sp³-hybridized carbons (Fsp3) is 0.188. The van der Waals surface area contributed by atoms with E-state index in [-0.39, 0.29) is 11.3 Å². The van der Waals surface area contributed by atoms with E-state index in [0.717, 1.165) is 38.5 Å². The quantitative estimate of drug-likeness (QED) is 0.233. The summed E-state index contributed by atoms with van der Waals surface area (Å²) in [5, 5.41) is 8.05. The van der Waals surface area contributed by atoms with Crippen molar-refractivity contribution in [1.29, 1.82) is 0 Å². The van der Waals surface area contributed by atoms with Gasteiger partial charge in [0.1, 0.15) is 5.82 Å². The fourth-order valence-electron chi connectivity index (χ4n) is 4.69. The van der Waals surface area contributed by atoms with Gasteiger partial charge in [0.15, 0.2) is 0 Å². The highest BCUT2D eigenvalue weighted by molar-refractivity contribution is 9.10. The lowest BCUT2D eigenvalue weighted by Crippen LogP contribution is -2.16. The number of halogens is 1. The maximum atomic E-state index is 13.3. The normalized spacial score (nSPS) is 11.5. The summed E-state index contributed by atoms with van der Waals surface area (Å²) in [7, 11) is 0. The molecule has 0 aliphatic rings. The molecule has 192 valence electrons. The molecule has 0 saturated heterocycles. The van der Waals surface area contributed by atoms with E-state index in [0.29, 0.717) is 11.4 Å². The van der Waals surface area contributed by atoms with Gasteiger partial charge in [-0.3, -0.25) is 4.79 Å². The number of hydrogen-bond donors (Lipinski definition) is 1. The van der Waals surface area contributed by atoms with Crippen molar-refractivity contribution in [2.75, 3.05) is 5.32 Å². The number of nitrogens with one attached hydrogen (secondary N) is 1. The van der Waals surface area contributed by atoms with E-state index in [1.54, 1.807) is 4.68 Å². The first-order chi connectivity index (χ1) is 18.1. The highest BCUT2D eigenvalue weighted by Crippen LogP contribution is 2.32. The summed E-state index contributed by atoms with van der Waals surface area (Å²) >= 11 is 3.52. The number of aromatic nitrogens is 3. The molecule has 5 nitrogen and oxygen atoms in total. The van der Waals surface area contributed by atoms with Gasteiger partial charge in [0.25, 0.3) is 5.91 Å². The van der Waals surface area contributed by atoms with Crippen molar-refractivity contribution in [3.8, 4) is 22.6 Å². The number of para-hydroxylation sites is 1. The van der Waals surface area contributed by atoms with Gasteiger partial charge in [-0.25, -0.2) is 4.68 Å². The minimum absolute atomic E-state index is 0.0263. The molecule has 1 amide bonds. The molecule has 0 aliphatic heterocycles. The summed E-state index contributed by atoms with van der Waals surface area (Å²) in [6.07, 6.45) is 0. The van der Waals surface area contributed by atoms with Crippen molar-refractivity contribution in [3.05, 3.63) is 118 Å². The third-order valence-corrected chi connectivity index (χ3v) is 7.29. The summed E-state index contributed by atoms with van der Waals surface area (Å²) in [6.45, 7) is 10.7. The van der Waals surface area contributed by atoms with Crippen LogP contribution in [0.5, 0.6) is 0 Å². The van der Waals surface area contributed by atoms with Crippen LogP contribution in [0, 0.1) is 13.8 Å². The Kier molecular flexibility index (Phi) is 6.84. The van der Waals surface area contributed by atoms with Gasteiger partial charge < -0.3 is 9.88 Å². The van der Waals surface area contributed by atoms with E-state index in [1.807, 2.05) is 72.8 Å². The summed E-state index contributed by atoms with van der Waals surface area (Å²) in [5.41, 5.74) is 7.78. The Hall–Kier alpha value is -3.90. The Morgan fingerprint density at radius 1 is 0.842 bits per heavy atom. The maximum Gasteiger partial charge on any atom is 0.256 e. The molecule has 0 saturated carbocycles. The van der Waals surface area contributed by atoms with Crippen LogP contribution in [-0.4, -0.2) is 20.3 Å². The van der Waals surface area contributed by atoms with Crippen molar-refractivity contribution < 1.29 is 4.79 Å². The highest BCUT2D eigenvalue weighted by atomic mass is 79.9. The van der Waals surface area contributed by atoms with Gasteiger partial charge >= 0.3 is 0 Å². The molecule has 6 heteroatoms. The third kappa shape index (κ3) is 5.09. The van der Waals surface area contributed by atoms with E-state index in [4.69, 9.17) is 5.10 Å². The second-order valence-electron chi connectivity index (χ2n) is 10.5. The molecule has 3 aromatic carbocycles. The number of aryl methyl sites for hydroxylation is 1. The monoisotopic (exact) mass is 566 g/mol. The van der Waals surface area contributed by atoms with Crippen LogP contribution in [0.15, 0.2) is 95.5 Å². The molecule has 2 aromatic heterocycles. The zero-order valence-corrected chi connectivity index (χ0v) is 23.9. The van der Waals surface area contributed by atoms with E-state index in [1.165, 1.54) is 5.56 Å². The number of amides is 1. The standard InChI is InChI=1S/C32H31BrN4O/c1-21-19-28(22(2)36(21)26-17-15-25(33)16-18-26)29-20-30(37(35-29)27-9-7-6-8-10-27)34-31(38)23-11-13-24(14-12-23)32(3,4)5/h6-20H,1-5H3,(H,34,38). The smallest absolute Gasteiger partial charge is 0.256 e. The van der Waals surface area contributed by atoms with Crippen LogP contribution in [0.1, 0.15) is 48.1 Å². The van der Waals surface area contributed by atoms with Crippen LogP contribution in [0.25, 0.3) is 22.6 Å². The number of carbonyl (C=O) groups is 1. The first-order valence-electron chi connectivity index (χ1n) is 12.6. The Morgan fingerprint density at radius 3 is 2.13 bits per heavy atom. The SMILES string of the molecule is Cc1cc(-c2cc(NC(=O)c3ccc(C(C)(C)C)cc3)n(-c3ccccc3)n2)c(C)n1-c1ccc(Br)cc1. The minimum atomic E-state index is -0.172. The zero-order chi connectivity index (χ0) is 27.0. The lowest BCUT2D eigenvalue weighted by molar-refractivity contribution is 0.102. The van der Waals surface area contributed by atoms with E-state index >= 15 is 0 Å². The Morgan fingerprint density at radius 2 is 1.50 bits per heavy atom. The predicted octanol–water partition coefficient (Wildman–Crippen LogP) is 8.26. The van der Waals surface area contributed by atoms with Crippen molar-refractivity contribution in [3.63, 3.8) is 0 Å². The van der Waals surface area contributed by atoms with E-state index in [9.17, 15) is 4.79 Å². The van der Waals surface area contributed by atoms with Crippen LogP contribution in [-0.2, 0) is 5.41 Å². The fourth-order valence-corrected chi connectivity index (χ4v) is 4.95. The largest absolute Gasteiger partial charge is 0.318 e. The average Bonchev–Trinajstić information content (AvgIpc) is 3.44. The molecule has 0 aliphatic carbocycles. The number of rotatable bonds is 5. The maximum absolute atomic E-state index is 13.3. The number of hydrogen-bond acceptors (Lipinski definition) is 2. The van der Waals surface area contributed by atoms with E-state index < -0.39 is 0 Å². The molecule has 0 fully saturated rings. The third-order valence-electron chi connectivity index (χ3n) is 6.76. The average molecular weight is 568 g/mol. The molecule has 5 rings (SSSR count). The number of nitrogens with zero attached hydrogens (tertiary/aromatic N) is 3. The number of carbonyl (C=O) groups excluding carboxylic acids is 1. The highest BCUT2D eigenvalue weighted by Gasteiger charge is 2.20. The van der Waals surface area contributed by atoms with Crippen LogP contribution in [0.3, 0.4) is 0 Å². The molecular formula is C32H31BrN4O. The van der Waals surface area contributed by atoms with Crippen molar-refractivity contribution >= 4 is 27.7 Å². The summed E-state index contributed by atoms with van der Waals surface area (Å²) < 4.78 is 5.06. The Labute approximate surface area is 232 Å². The van der Waals surface area contributed by atoms with Gasteiger partial charge in [-0.05, 0) is 79.4 Å². The molecule has 0 unspecified atom stereocenters. The number of anilines is 1. The Bertz CT molecular complexity index is 1590. The van der Waals surface area contributed by atoms with Gasteiger partial charge in [-0.2, -0.15) is 5.10 Å². The lowest BCUT2D eigenvalue weighted by Gasteiger charge is -2.19. The molecule has 0 spiro atoms. The second-order valence-corrected chi connectivity index (χ2v) is 11.5. The predicted molar refractivity (Wildman–Crippen MR) is 159 cm³/mol. The van der Waals surface area contributed by atoms with Gasteiger partial charge in [0.2, 0.25) is 0 Å². The van der Waals surface area contributed by atoms with Gasteiger partial charge in [0, 0.05) is 38.7 Å². The minimum Gasteiger partial charge on any atom is -0.318 e. The molecule has 0 radical (unpaired) electrons. The van der Waals surface area contributed by atoms with Crippen LogP contribution >= 0.6 is 15.9 Å². The van der Waals surface area contributed by atoms with E-state index in [2.05, 4.69) is 78.6 Å². The Balaban J connectivity index is 1.53. The molecule has 2 heterocycles. The van der Waals surface area contributed by atoms with Crippen LogP contribution in [0.4, 0.5) is 5.82 Å². The van der Waals surface area contributed by atoms with Gasteiger partial charge in [-0.1, -0.05) is 67.0 Å². The molecule has 5 aromatic rings. The molecule has 0 atom stereocenters. The molecule has 1 N–H and O–H groups in total. The topological polar surface area (TPSA) is 51.9 Å². The van der Waals surface area contributed by atoms with Gasteiger partial charge in [0.05, 0.1) is 11.4 Å². The summed E-state index contributed by atoms with van der Waals surface area (Å²) in [4.78, 5) is 13.3. The van der Waals surface area contributed by atoms with Crippen molar-refractivity contribution in [2.45, 2.75) is 40.0 Å². The zero-order valence-electron chi connectivity index (χ0n) is 22.3. The molecule has 38 heavy (non-hydrogen) atoms. The van der Waals surface area contributed by atoms with Crippen LogP contribution < -0.4 is 5.32 Å². The number of benzene rings is 3. The first kappa shape index (κ1) is 25.7.